The van der Waals surface area contributed by atoms with Gasteiger partial charge in [0.15, 0.2) is 0 Å². The van der Waals surface area contributed by atoms with Gasteiger partial charge in [-0.3, -0.25) is 9.59 Å². The number of hydrogen-bond donors (Lipinski definition) is 2. The van der Waals surface area contributed by atoms with Gasteiger partial charge in [-0.15, -0.1) is 0 Å². The number of aromatic amines is 1. The monoisotopic (exact) mass is 416 g/mol. The lowest BCUT2D eigenvalue weighted by atomic mass is 9.93. The Bertz CT molecular complexity index is 698. The number of aromatic nitrogens is 1. The molecule has 1 unspecified atom stereocenters. The van der Waals surface area contributed by atoms with Crippen LogP contribution in [0, 0.1) is 19.8 Å². The van der Waals surface area contributed by atoms with Gasteiger partial charge in [-0.25, -0.2) is 0 Å². The van der Waals surface area contributed by atoms with E-state index in [1.807, 2.05) is 24.8 Å². The van der Waals surface area contributed by atoms with Crippen LogP contribution in [-0.2, 0) is 4.79 Å². The molecule has 1 aromatic heterocycles. The number of carbonyl (C=O) groups excluding carboxylic acids is 2. The number of piperidine rings is 1. The lowest BCUT2D eigenvalue weighted by molar-refractivity contribution is -0.122. The van der Waals surface area contributed by atoms with Crippen LogP contribution in [0.1, 0.15) is 80.0 Å². The molecule has 0 aromatic carbocycles. The predicted molar refractivity (Wildman–Crippen MR) is 121 cm³/mol. The van der Waals surface area contributed by atoms with Crippen LogP contribution in [-0.4, -0.2) is 65.4 Å². The molecule has 2 amide bonds. The van der Waals surface area contributed by atoms with Crippen molar-refractivity contribution in [1.29, 1.82) is 0 Å². The number of H-pyrrole nitrogens is 1. The number of aryl methyl sites for hydroxylation is 2. The first-order chi connectivity index (χ1) is 14.4. The molecular weight excluding hydrogens is 376 g/mol. The Kier molecular flexibility index (Phi) is 8.37. The fourth-order valence-electron chi connectivity index (χ4n) is 4.92. The number of nitrogens with one attached hydrogen (secondary N) is 2. The van der Waals surface area contributed by atoms with Gasteiger partial charge in [-0.2, -0.15) is 0 Å². The van der Waals surface area contributed by atoms with Crippen LogP contribution in [0.25, 0.3) is 0 Å². The second kappa shape index (κ2) is 11.0. The number of carbonyl (C=O) groups is 2. The summed E-state index contributed by atoms with van der Waals surface area (Å²) in [5, 5.41) is 3.13. The van der Waals surface area contributed by atoms with E-state index in [-0.39, 0.29) is 11.8 Å². The Morgan fingerprint density at radius 2 is 1.77 bits per heavy atom. The van der Waals surface area contributed by atoms with Gasteiger partial charge in [0.1, 0.15) is 5.69 Å². The third-order valence-corrected chi connectivity index (χ3v) is 6.89. The van der Waals surface area contributed by atoms with Gasteiger partial charge in [0.05, 0.1) is 0 Å². The average molecular weight is 417 g/mol. The highest BCUT2D eigenvalue weighted by atomic mass is 16.2. The van der Waals surface area contributed by atoms with Gasteiger partial charge in [-0.1, -0.05) is 12.8 Å². The van der Waals surface area contributed by atoms with E-state index in [1.54, 1.807) is 0 Å². The van der Waals surface area contributed by atoms with Crippen molar-refractivity contribution in [3.05, 3.63) is 23.0 Å². The summed E-state index contributed by atoms with van der Waals surface area (Å²) in [6.07, 6.45) is 8.74. The first-order valence-electron chi connectivity index (χ1n) is 11.9. The van der Waals surface area contributed by atoms with Gasteiger partial charge >= 0.3 is 0 Å². The molecule has 0 spiro atoms. The molecule has 2 fully saturated rings. The Hall–Kier alpha value is -1.82. The molecule has 1 atom stereocenters. The summed E-state index contributed by atoms with van der Waals surface area (Å²) >= 11 is 0. The summed E-state index contributed by atoms with van der Waals surface area (Å²) in [6, 6.07) is 2.55. The molecule has 3 rings (SSSR count). The molecule has 0 bridgehead atoms. The lowest BCUT2D eigenvalue weighted by Crippen LogP contribution is -2.40. The van der Waals surface area contributed by atoms with Crippen molar-refractivity contribution in [2.24, 2.45) is 5.92 Å². The molecule has 2 aliphatic rings. The van der Waals surface area contributed by atoms with Crippen LogP contribution in [0.5, 0.6) is 0 Å². The Morgan fingerprint density at radius 3 is 2.37 bits per heavy atom. The fraction of sp³-hybridized carbons (Fsp3) is 0.750. The van der Waals surface area contributed by atoms with Gasteiger partial charge in [0.2, 0.25) is 5.91 Å². The minimum atomic E-state index is 0.0889. The normalized spacial score (nSPS) is 20.0. The Balaban J connectivity index is 1.34. The quantitative estimate of drug-likeness (QED) is 0.713. The molecule has 168 valence electrons. The van der Waals surface area contributed by atoms with Crippen LogP contribution in [0.3, 0.4) is 0 Å². The second-order valence-electron chi connectivity index (χ2n) is 9.39. The Labute approximate surface area is 181 Å². The predicted octanol–water partition coefficient (Wildman–Crippen LogP) is 3.64. The molecule has 0 aliphatic carbocycles. The third kappa shape index (κ3) is 6.34. The first-order valence-corrected chi connectivity index (χ1v) is 11.9. The number of amides is 2. The van der Waals surface area contributed by atoms with Crippen molar-refractivity contribution in [3.8, 4) is 0 Å². The molecule has 2 N–H and O–H groups in total. The van der Waals surface area contributed by atoms with E-state index in [0.717, 1.165) is 50.2 Å². The van der Waals surface area contributed by atoms with E-state index >= 15 is 0 Å². The fourth-order valence-corrected chi connectivity index (χ4v) is 4.92. The molecular formula is C24H40N4O2. The Morgan fingerprint density at radius 1 is 1.10 bits per heavy atom. The molecule has 3 heterocycles. The highest BCUT2D eigenvalue weighted by Crippen LogP contribution is 2.23. The lowest BCUT2D eigenvalue weighted by Gasteiger charge is -2.32. The number of nitrogens with zero attached hydrogens (tertiary/aromatic N) is 2. The summed E-state index contributed by atoms with van der Waals surface area (Å²) in [6.45, 7) is 10.9. The van der Waals surface area contributed by atoms with Crippen LogP contribution in [0.2, 0.25) is 0 Å². The van der Waals surface area contributed by atoms with Crippen LogP contribution < -0.4 is 5.32 Å². The minimum absolute atomic E-state index is 0.0889. The highest BCUT2D eigenvalue weighted by Gasteiger charge is 2.26. The van der Waals surface area contributed by atoms with Gasteiger partial charge in [-0.05, 0) is 83.5 Å². The van der Waals surface area contributed by atoms with E-state index in [1.165, 1.54) is 38.8 Å². The molecule has 0 saturated carbocycles. The molecule has 0 radical (unpaired) electrons. The number of likely N-dealkylation sites (tertiary alicyclic amines) is 2. The summed E-state index contributed by atoms with van der Waals surface area (Å²) in [7, 11) is 0. The SMILES string of the molecule is Cc1cc(C)c(C(=O)N2CCC(CC(=O)NCCC(C)N3CCCCCC3)CC2)[nH]1. The maximum Gasteiger partial charge on any atom is 0.270 e. The standard InChI is InChI=1S/C24H40N4O2/c1-18-16-19(2)26-23(18)24(30)28-14-9-21(10-15-28)17-22(29)25-11-8-20(3)27-12-6-4-5-7-13-27/h16,20-21,26H,4-15,17H2,1-3H3,(H,25,29). The van der Waals surface area contributed by atoms with Crippen molar-refractivity contribution in [1.82, 2.24) is 20.1 Å². The van der Waals surface area contributed by atoms with Crippen molar-refractivity contribution in [2.45, 2.75) is 78.2 Å². The second-order valence-corrected chi connectivity index (χ2v) is 9.39. The zero-order chi connectivity index (χ0) is 21.5. The van der Waals surface area contributed by atoms with E-state index in [9.17, 15) is 9.59 Å². The summed E-state index contributed by atoms with van der Waals surface area (Å²) < 4.78 is 0. The number of rotatable bonds is 7. The first kappa shape index (κ1) is 22.9. The van der Waals surface area contributed by atoms with E-state index in [2.05, 4.69) is 22.1 Å². The zero-order valence-corrected chi connectivity index (χ0v) is 19.1. The molecule has 2 aliphatic heterocycles. The van der Waals surface area contributed by atoms with Crippen molar-refractivity contribution in [2.75, 3.05) is 32.7 Å². The van der Waals surface area contributed by atoms with Gasteiger partial charge in [0.25, 0.3) is 5.91 Å². The molecule has 6 nitrogen and oxygen atoms in total. The van der Waals surface area contributed by atoms with Crippen LogP contribution >= 0.6 is 0 Å². The molecule has 1 aromatic rings. The third-order valence-electron chi connectivity index (χ3n) is 6.89. The summed E-state index contributed by atoms with van der Waals surface area (Å²) in [4.78, 5) is 32.8. The van der Waals surface area contributed by atoms with Crippen molar-refractivity contribution in [3.63, 3.8) is 0 Å². The molecule has 30 heavy (non-hydrogen) atoms. The van der Waals surface area contributed by atoms with Crippen LogP contribution in [0.15, 0.2) is 6.07 Å². The highest BCUT2D eigenvalue weighted by molar-refractivity contribution is 5.94. The zero-order valence-electron chi connectivity index (χ0n) is 19.1. The van der Waals surface area contributed by atoms with Gasteiger partial charge < -0.3 is 20.1 Å². The van der Waals surface area contributed by atoms with E-state index in [0.29, 0.717) is 24.1 Å². The number of hydrogen-bond acceptors (Lipinski definition) is 3. The van der Waals surface area contributed by atoms with Gasteiger partial charge in [0, 0.05) is 37.8 Å². The molecule has 2 saturated heterocycles. The maximum absolute atomic E-state index is 12.7. The minimum Gasteiger partial charge on any atom is -0.356 e. The van der Waals surface area contributed by atoms with E-state index in [4.69, 9.17) is 0 Å². The van der Waals surface area contributed by atoms with Crippen molar-refractivity contribution >= 4 is 11.8 Å². The van der Waals surface area contributed by atoms with Crippen molar-refractivity contribution < 1.29 is 9.59 Å². The maximum atomic E-state index is 12.7. The van der Waals surface area contributed by atoms with E-state index < -0.39 is 0 Å². The largest absolute Gasteiger partial charge is 0.356 e. The average Bonchev–Trinajstić information content (AvgIpc) is 2.91. The summed E-state index contributed by atoms with van der Waals surface area (Å²) in [5.74, 6) is 0.633. The molecule has 6 heteroatoms. The van der Waals surface area contributed by atoms with Crippen LogP contribution in [0.4, 0.5) is 0 Å². The topological polar surface area (TPSA) is 68.4 Å². The smallest absolute Gasteiger partial charge is 0.270 e. The summed E-state index contributed by atoms with van der Waals surface area (Å²) in [5.41, 5.74) is 2.74.